The first-order valence-electron chi connectivity index (χ1n) is 9.44. The average molecular weight is 448 g/mol. The second-order valence-corrected chi connectivity index (χ2v) is 8.85. The van der Waals surface area contributed by atoms with Crippen molar-refractivity contribution in [3.8, 4) is 0 Å². The Morgan fingerprint density at radius 1 is 1.06 bits per heavy atom. The molecule has 0 aliphatic carbocycles. The molecule has 4 N–H and O–H groups in total. The number of carbonyl (C=O) groups is 3. The van der Waals surface area contributed by atoms with E-state index in [0.29, 0.717) is 11.3 Å². The van der Waals surface area contributed by atoms with Crippen molar-refractivity contribution in [2.45, 2.75) is 31.7 Å². The van der Waals surface area contributed by atoms with Gasteiger partial charge in [-0.3, -0.25) is 9.59 Å². The molecule has 0 saturated heterocycles. The summed E-state index contributed by atoms with van der Waals surface area (Å²) in [5, 5.41) is 10.1. The number of anilines is 1. The molecule has 0 radical (unpaired) electrons. The highest BCUT2D eigenvalue weighted by molar-refractivity contribution is 7.89. The van der Waals surface area contributed by atoms with E-state index in [1.165, 1.54) is 24.3 Å². The van der Waals surface area contributed by atoms with Gasteiger partial charge in [-0.2, -0.15) is 0 Å². The van der Waals surface area contributed by atoms with E-state index in [4.69, 9.17) is 9.88 Å². The van der Waals surface area contributed by atoms with Gasteiger partial charge < -0.3 is 15.4 Å². The summed E-state index contributed by atoms with van der Waals surface area (Å²) in [7, 11) is -3.84. The summed E-state index contributed by atoms with van der Waals surface area (Å²) in [5.74, 6) is -2.05. The molecule has 0 aromatic heterocycles. The van der Waals surface area contributed by atoms with Gasteiger partial charge in [-0.05, 0) is 49.2 Å². The van der Waals surface area contributed by atoms with Crippen LogP contribution < -0.4 is 15.8 Å². The number of hydrogen-bond donors (Lipinski definition) is 3. The monoisotopic (exact) mass is 447 g/mol. The normalized spacial score (nSPS) is 12.2. The molecule has 0 heterocycles. The Morgan fingerprint density at radius 3 is 2.26 bits per heavy atom. The number of nitrogens with two attached hydrogens (primary N) is 1. The Labute approximate surface area is 181 Å². The first kappa shape index (κ1) is 24.0. The molecular formula is C21H25N3O6S. The summed E-state index contributed by atoms with van der Waals surface area (Å²) >= 11 is 0. The van der Waals surface area contributed by atoms with Crippen LogP contribution in [-0.4, -0.2) is 38.9 Å². The number of aryl methyl sites for hydroxylation is 1. The molecule has 0 aliphatic rings. The topological polar surface area (TPSA) is 145 Å². The minimum Gasteiger partial charge on any atom is -0.454 e. The number of hydrogen-bond acceptors (Lipinski definition) is 6. The molecule has 9 nitrogen and oxygen atoms in total. The largest absolute Gasteiger partial charge is 0.454 e. The van der Waals surface area contributed by atoms with Gasteiger partial charge in [-0.1, -0.05) is 31.5 Å². The van der Waals surface area contributed by atoms with E-state index in [1.807, 2.05) is 13.0 Å². The van der Waals surface area contributed by atoms with Crippen LogP contribution in [0.3, 0.4) is 0 Å². The van der Waals surface area contributed by atoms with Gasteiger partial charge in [0.1, 0.15) is 6.04 Å². The van der Waals surface area contributed by atoms with Crippen LogP contribution >= 0.6 is 0 Å². The van der Waals surface area contributed by atoms with Crippen molar-refractivity contribution in [1.82, 2.24) is 5.32 Å². The first-order chi connectivity index (χ1) is 14.5. The van der Waals surface area contributed by atoms with Gasteiger partial charge in [-0.25, -0.2) is 18.4 Å². The summed E-state index contributed by atoms with van der Waals surface area (Å²) in [6.45, 7) is 4.77. The maximum absolute atomic E-state index is 12.4. The minimum absolute atomic E-state index is 0.0962. The molecule has 2 rings (SSSR count). The summed E-state index contributed by atoms with van der Waals surface area (Å²) in [5.41, 5.74) is 1.63. The Kier molecular flexibility index (Phi) is 7.89. The molecule has 10 heteroatoms. The Bertz CT molecular complexity index is 1060. The predicted octanol–water partition coefficient (Wildman–Crippen LogP) is 1.58. The third kappa shape index (κ3) is 7.19. The number of rotatable bonds is 8. The average Bonchev–Trinajstić information content (AvgIpc) is 2.69. The van der Waals surface area contributed by atoms with E-state index in [1.54, 1.807) is 32.0 Å². The quantitative estimate of drug-likeness (QED) is 0.524. The van der Waals surface area contributed by atoms with Gasteiger partial charge in [0.15, 0.2) is 6.61 Å². The third-order valence-corrected chi connectivity index (χ3v) is 5.23. The van der Waals surface area contributed by atoms with Crippen LogP contribution in [0.4, 0.5) is 5.69 Å². The Hall–Kier alpha value is -3.24. The van der Waals surface area contributed by atoms with Gasteiger partial charge in [-0.15, -0.1) is 0 Å². The summed E-state index contributed by atoms with van der Waals surface area (Å²) < 4.78 is 27.6. The number of benzene rings is 2. The van der Waals surface area contributed by atoms with E-state index in [2.05, 4.69) is 10.6 Å². The van der Waals surface area contributed by atoms with E-state index in [-0.39, 0.29) is 10.8 Å². The first-order valence-corrected chi connectivity index (χ1v) is 11.0. The van der Waals surface area contributed by atoms with Crippen molar-refractivity contribution in [2.75, 3.05) is 11.9 Å². The Morgan fingerprint density at radius 2 is 1.71 bits per heavy atom. The van der Waals surface area contributed by atoms with Gasteiger partial charge in [0.2, 0.25) is 10.0 Å². The zero-order valence-corrected chi connectivity index (χ0v) is 18.2. The van der Waals surface area contributed by atoms with Crippen molar-refractivity contribution in [3.63, 3.8) is 0 Å². The van der Waals surface area contributed by atoms with Crippen LogP contribution in [0.15, 0.2) is 53.4 Å². The molecule has 0 fully saturated rings. The minimum atomic E-state index is -3.84. The number of esters is 1. The maximum atomic E-state index is 12.4. The lowest BCUT2D eigenvalue weighted by Crippen LogP contribution is -2.46. The van der Waals surface area contributed by atoms with Crippen LogP contribution in [0.1, 0.15) is 29.8 Å². The number of nitrogens with one attached hydrogen (secondary N) is 2. The number of amides is 2. The smallest absolute Gasteiger partial charge is 0.329 e. The molecule has 1 atom stereocenters. The van der Waals surface area contributed by atoms with Gasteiger partial charge in [0.25, 0.3) is 11.8 Å². The predicted molar refractivity (Wildman–Crippen MR) is 115 cm³/mol. The van der Waals surface area contributed by atoms with E-state index < -0.39 is 40.5 Å². The lowest BCUT2D eigenvalue weighted by atomic mass is 10.0. The molecule has 0 spiro atoms. The molecule has 2 aromatic carbocycles. The van der Waals surface area contributed by atoms with Crippen molar-refractivity contribution < 1.29 is 27.5 Å². The number of carbonyl (C=O) groups excluding carboxylic acids is 3. The van der Waals surface area contributed by atoms with Crippen LogP contribution in [0, 0.1) is 12.8 Å². The van der Waals surface area contributed by atoms with Gasteiger partial charge in [0, 0.05) is 11.3 Å². The van der Waals surface area contributed by atoms with E-state index >= 15 is 0 Å². The van der Waals surface area contributed by atoms with Crippen LogP contribution in [0.5, 0.6) is 0 Å². The summed E-state index contributed by atoms with van der Waals surface area (Å²) in [6, 6.07) is 11.2. The molecule has 0 aliphatic heterocycles. The standard InChI is InChI=1S/C21H25N3O6S/c1-13(2)19(24-20(26)15-6-4-5-14(3)11-15)21(27)30-12-18(25)23-16-7-9-17(10-8-16)31(22,28)29/h4-11,13,19H,12H2,1-3H3,(H,23,25)(H,24,26)(H2,22,28,29)/t19-/m0/s1. The SMILES string of the molecule is Cc1cccc(C(=O)N[C@H](C(=O)OCC(=O)Nc2ccc(S(N)(=O)=O)cc2)C(C)C)c1. The van der Waals surface area contributed by atoms with E-state index in [9.17, 15) is 22.8 Å². The van der Waals surface area contributed by atoms with Gasteiger partial charge >= 0.3 is 5.97 Å². The molecule has 0 saturated carbocycles. The zero-order chi connectivity index (χ0) is 23.2. The van der Waals surface area contributed by atoms with Crippen molar-refractivity contribution >= 4 is 33.5 Å². The zero-order valence-electron chi connectivity index (χ0n) is 17.4. The lowest BCUT2D eigenvalue weighted by molar-refractivity contribution is -0.150. The second-order valence-electron chi connectivity index (χ2n) is 7.29. The summed E-state index contributed by atoms with van der Waals surface area (Å²) in [4.78, 5) is 36.8. The highest BCUT2D eigenvalue weighted by atomic mass is 32.2. The lowest BCUT2D eigenvalue weighted by Gasteiger charge is -2.21. The number of sulfonamides is 1. The summed E-state index contributed by atoms with van der Waals surface area (Å²) in [6.07, 6.45) is 0. The molecule has 2 amide bonds. The highest BCUT2D eigenvalue weighted by Gasteiger charge is 2.26. The van der Waals surface area contributed by atoms with Crippen molar-refractivity contribution in [1.29, 1.82) is 0 Å². The molecule has 0 bridgehead atoms. The number of primary sulfonamides is 1. The van der Waals surface area contributed by atoms with E-state index in [0.717, 1.165) is 5.56 Å². The fraction of sp³-hybridized carbons (Fsp3) is 0.286. The number of ether oxygens (including phenoxy) is 1. The third-order valence-electron chi connectivity index (χ3n) is 4.30. The second kappa shape index (κ2) is 10.2. The molecule has 166 valence electrons. The van der Waals surface area contributed by atoms with Crippen molar-refractivity contribution in [3.05, 3.63) is 59.7 Å². The molecule has 31 heavy (non-hydrogen) atoms. The molecule has 0 unspecified atom stereocenters. The van der Waals surface area contributed by atoms with Crippen molar-refractivity contribution in [2.24, 2.45) is 11.1 Å². The van der Waals surface area contributed by atoms with Crippen LogP contribution in [-0.2, 0) is 24.3 Å². The fourth-order valence-corrected chi connectivity index (χ4v) is 3.18. The maximum Gasteiger partial charge on any atom is 0.329 e. The van der Waals surface area contributed by atoms with Crippen LogP contribution in [0.2, 0.25) is 0 Å². The fourth-order valence-electron chi connectivity index (χ4n) is 2.66. The Balaban J connectivity index is 1.93. The van der Waals surface area contributed by atoms with Crippen LogP contribution in [0.25, 0.3) is 0 Å². The van der Waals surface area contributed by atoms with Gasteiger partial charge in [0.05, 0.1) is 4.90 Å². The highest BCUT2D eigenvalue weighted by Crippen LogP contribution is 2.13. The molecular weight excluding hydrogens is 422 g/mol. The molecule has 2 aromatic rings.